The average Bonchev–Trinajstić information content (AvgIpc) is 3.89. The molecule has 79 heavy (non-hydrogen) atoms. The van der Waals surface area contributed by atoms with Crippen molar-refractivity contribution in [3.8, 4) is 11.5 Å². The second-order valence-electron chi connectivity index (χ2n) is 20.4. The van der Waals surface area contributed by atoms with E-state index < -0.39 is 99.1 Å². The number of hydrogen-bond donors (Lipinski definition) is 5. The summed E-state index contributed by atoms with van der Waals surface area (Å²) >= 11 is 0. The third kappa shape index (κ3) is 24.5. The number of rotatable bonds is 40. The van der Waals surface area contributed by atoms with Gasteiger partial charge in [0.15, 0.2) is 11.5 Å². The van der Waals surface area contributed by atoms with Crippen LogP contribution in [0.2, 0.25) is 0 Å². The lowest BCUT2D eigenvalue weighted by Gasteiger charge is -2.35. The lowest BCUT2D eigenvalue weighted by molar-refractivity contribution is -0.150. The molecule has 1 atom stereocenters. The Morgan fingerprint density at radius 2 is 1.06 bits per heavy atom. The van der Waals surface area contributed by atoms with E-state index in [1.54, 1.807) is 55.5 Å². The van der Waals surface area contributed by atoms with Crippen molar-refractivity contribution in [3.63, 3.8) is 0 Å². The third-order valence-electron chi connectivity index (χ3n) is 13.1. The number of Topliss-reactive ketones (excluding diaryl/α,β-unsaturated/α-hetero) is 1. The molecule has 0 fully saturated rings. The van der Waals surface area contributed by atoms with Gasteiger partial charge in [-0.1, -0.05) is 70.0 Å². The highest BCUT2D eigenvalue weighted by molar-refractivity contribution is 5.94. The Balaban J connectivity index is 1.95. The summed E-state index contributed by atoms with van der Waals surface area (Å²) in [6.45, 7) is 6.85. The van der Waals surface area contributed by atoms with Crippen molar-refractivity contribution < 1.29 is 57.7 Å². The summed E-state index contributed by atoms with van der Waals surface area (Å²) in [6.07, 6.45) is 5.64. The molecule has 7 amide bonds. The number of carboxylic acid groups (broad SMARTS) is 1. The molecular formula is C56H89N11O12. The van der Waals surface area contributed by atoms with Crippen molar-refractivity contribution in [3.05, 3.63) is 59.7 Å². The monoisotopic (exact) mass is 1110 g/mol. The maximum atomic E-state index is 14.8. The van der Waals surface area contributed by atoms with Crippen LogP contribution in [-0.4, -0.2) is 211 Å². The minimum Gasteiger partial charge on any atom is -0.480 e. The normalized spacial score (nSPS) is 11.9. The fourth-order valence-electron chi connectivity index (χ4n) is 8.78. The van der Waals surface area contributed by atoms with Crippen LogP contribution in [-0.2, 0) is 49.7 Å². The molecule has 0 radical (unpaired) electrons. The van der Waals surface area contributed by atoms with Crippen molar-refractivity contribution >= 4 is 53.1 Å². The quantitative estimate of drug-likeness (QED) is 0.0595. The van der Waals surface area contributed by atoms with Crippen molar-refractivity contribution in [2.24, 2.45) is 23.1 Å². The number of nitrogens with zero attached hydrogens (tertiary/aromatic N) is 7. The van der Waals surface area contributed by atoms with Gasteiger partial charge < -0.3 is 71.4 Å². The van der Waals surface area contributed by atoms with E-state index in [4.69, 9.17) is 26.7 Å². The molecule has 0 saturated carbocycles. The van der Waals surface area contributed by atoms with E-state index >= 15 is 0 Å². The first-order valence-electron chi connectivity index (χ1n) is 27.7. The number of fused-ring (bicyclic) bond motifs is 1. The van der Waals surface area contributed by atoms with Gasteiger partial charge in [-0.05, 0) is 114 Å². The van der Waals surface area contributed by atoms with Crippen LogP contribution in [0, 0.1) is 5.92 Å². The molecule has 8 N–H and O–H groups in total. The lowest BCUT2D eigenvalue weighted by Crippen LogP contribution is -2.53. The van der Waals surface area contributed by atoms with Gasteiger partial charge in [-0.25, -0.2) is 0 Å². The van der Waals surface area contributed by atoms with Gasteiger partial charge in [0.05, 0.1) is 45.3 Å². The smallest absolute Gasteiger partial charge is 0.323 e. The number of hydrogen-bond acceptors (Lipinski definition) is 15. The molecule has 0 aliphatic carbocycles. The van der Waals surface area contributed by atoms with Crippen LogP contribution in [0.5, 0.6) is 11.5 Å². The highest BCUT2D eigenvalue weighted by atomic mass is 16.7. The van der Waals surface area contributed by atoms with Gasteiger partial charge >= 0.3 is 5.97 Å². The van der Waals surface area contributed by atoms with Crippen LogP contribution < -0.4 is 32.0 Å². The molecule has 440 valence electrons. The van der Waals surface area contributed by atoms with E-state index in [0.29, 0.717) is 87.3 Å². The molecule has 23 heteroatoms. The highest BCUT2D eigenvalue weighted by Gasteiger charge is 2.33. The highest BCUT2D eigenvalue weighted by Crippen LogP contribution is 2.33. The summed E-state index contributed by atoms with van der Waals surface area (Å²) < 4.78 is 11.1. The summed E-state index contributed by atoms with van der Waals surface area (Å²) in [5, 5.41) is 12.7. The molecule has 0 aromatic heterocycles. The number of carbonyl (C=O) groups excluding carboxylic acids is 8. The second kappa shape index (κ2) is 36.5. The van der Waals surface area contributed by atoms with Gasteiger partial charge in [0.1, 0.15) is 25.4 Å². The Labute approximate surface area is 466 Å². The summed E-state index contributed by atoms with van der Waals surface area (Å²) in [4.78, 5) is 133. The zero-order chi connectivity index (χ0) is 58.3. The molecule has 1 aliphatic heterocycles. The maximum absolute atomic E-state index is 14.8. The average molecular weight is 1110 g/mol. The third-order valence-corrected chi connectivity index (χ3v) is 13.1. The fraction of sp³-hybridized carbons (Fsp3) is 0.625. The number of carbonyl (C=O) groups is 9. The summed E-state index contributed by atoms with van der Waals surface area (Å²) in [5.41, 5.74) is 18.9. The molecule has 0 bridgehead atoms. The van der Waals surface area contributed by atoms with Gasteiger partial charge in [0, 0.05) is 32.7 Å². The summed E-state index contributed by atoms with van der Waals surface area (Å²) in [6, 6.07) is 13.5. The molecule has 2 aromatic carbocycles. The largest absolute Gasteiger partial charge is 0.480 e. The van der Waals surface area contributed by atoms with Crippen LogP contribution >= 0.6 is 0 Å². The van der Waals surface area contributed by atoms with Gasteiger partial charge in [-0.3, -0.25) is 43.2 Å². The Kier molecular flexibility index (Phi) is 30.7. The van der Waals surface area contributed by atoms with Crippen molar-refractivity contribution in [2.45, 2.75) is 105 Å². The molecule has 1 heterocycles. The van der Waals surface area contributed by atoms with Crippen LogP contribution in [0.1, 0.15) is 110 Å². The van der Waals surface area contributed by atoms with E-state index in [2.05, 4.69) is 12.2 Å². The van der Waals surface area contributed by atoms with Gasteiger partial charge in [0.25, 0.3) is 0 Å². The first-order valence-corrected chi connectivity index (χ1v) is 27.7. The molecule has 0 saturated heterocycles. The van der Waals surface area contributed by atoms with Gasteiger partial charge in [-0.15, -0.1) is 0 Å². The Bertz CT molecular complexity index is 2260. The minimum atomic E-state index is -1.34. The van der Waals surface area contributed by atoms with E-state index in [0.717, 1.165) is 24.2 Å². The van der Waals surface area contributed by atoms with Gasteiger partial charge in [-0.2, -0.15) is 0 Å². The van der Waals surface area contributed by atoms with Crippen molar-refractivity contribution in [1.29, 1.82) is 0 Å². The number of nitrogens with one attached hydrogen (secondary N) is 1. The topological polar surface area (TPSA) is 305 Å². The molecule has 1 aliphatic rings. The molecule has 2 aromatic rings. The lowest BCUT2D eigenvalue weighted by atomic mass is 10.1. The van der Waals surface area contributed by atoms with E-state index in [1.807, 2.05) is 13.8 Å². The van der Waals surface area contributed by atoms with E-state index in [-0.39, 0.29) is 64.4 Å². The van der Waals surface area contributed by atoms with Crippen LogP contribution in [0.4, 0.5) is 0 Å². The number of carboxylic acids is 1. The number of aliphatic carboxylic acids is 1. The SMILES string of the molecule is CCCCCNCC(=O)N(CC(=O)N(CC(=O)N(CCCCN)CC(=O)N(CCCCN)CC(=O)N(CC(=O)N(CCCCN)CC(=O)N(CC(C)=O)CC(=O)O)C(C)c1ccccc1)CC(C)C)Cc1ccc2c(c1)OCO2. The van der Waals surface area contributed by atoms with E-state index in [9.17, 15) is 48.3 Å². The predicted octanol–water partition coefficient (Wildman–Crippen LogP) is 1.80. The minimum absolute atomic E-state index is 0.00187. The fourth-order valence-corrected chi connectivity index (χ4v) is 8.78. The maximum Gasteiger partial charge on any atom is 0.323 e. The van der Waals surface area contributed by atoms with Gasteiger partial charge in [0.2, 0.25) is 48.1 Å². The molecule has 0 spiro atoms. The molecule has 23 nitrogen and oxygen atoms in total. The molecular weight excluding hydrogens is 1020 g/mol. The van der Waals surface area contributed by atoms with Crippen LogP contribution in [0.3, 0.4) is 0 Å². The second-order valence-corrected chi connectivity index (χ2v) is 20.4. The number of benzene rings is 2. The molecule has 1 unspecified atom stereocenters. The summed E-state index contributed by atoms with van der Waals surface area (Å²) in [7, 11) is 0. The van der Waals surface area contributed by atoms with Crippen LogP contribution in [0.25, 0.3) is 0 Å². The number of unbranched alkanes of at least 4 members (excludes halogenated alkanes) is 5. The Morgan fingerprint density at radius 1 is 0.557 bits per heavy atom. The first kappa shape index (κ1) is 66.6. The molecule has 3 rings (SSSR count). The standard InChI is InChI=1S/C56H89N11O12/c1-6-7-14-25-60-30-49(69)66(33-45-20-21-47-48(29-45)79-41-78-47)37-53(73)64(31-42(2)3)36-51(71)61(26-15-11-22-57)34-50(70)63(28-17-13-24-59)38-55(75)67(44(5)46-18-9-8-10-19-46)39-54(74)62(27-16-12-23-58)35-52(72)65(32-43(4)68)40-56(76)77/h8-10,18-21,29,42,44,60H,6-7,11-17,22-28,30-41,57-59H2,1-5H3,(H,76,77). The number of ketones is 1. The number of amides is 7. The zero-order valence-electron chi connectivity index (χ0n) is 47.4. The Hall–Kier alpha value is -6.69. The van der Waals surface area contributed by atoms with Crippen molar-refractivity contribution in [1.82, 2.24) is 39.6 Å². The predicted molar refractivity (Wildman–Crippen MR) is 298 cm³/mol. The summed E-state index contributed by atoms with van der Waals surface area (Å²) in [5.74, 6) is -4.70. The van der Waals surface area contributed by atoms with E-state index in [1.165, 1.54) is 36.3 Å². The zero-order valence-corrected chi connectivity index (χ0v) is 47.4. The van der Waals surface area contributed by atoms with Crippen molar-refractivity contribution in [2.75, 3.05) is 118 Å². The number of ether oxygens (including phenoxy) is 2. The first-order chi connectivity index (χ1) is 37.8. The Morgan fingerprint density at radius 3 is 1.59 bits per heavy atom. The number of nitrogens with two attached hydrogens (primary N) is 3. The van der Waals surface area contributed by atoms with Crippen LogP contribution in [0.15, 0.2) is 48.5 Å².